The van der Waals surface area contributed by atoms with Gasteiger partial charge in [-0.05, 0) is 18.8 Å². The Morgan fingerprint density at radius 1 is 1.21 bits per heavy atom. The van der Waals surface area contributed by atoms with E-state index in [0.717, 1.165) is 56.2 Å². The molecule has 0 radical (unpaired) electrons. The normalized spacial score (nSPS) is 21.9. The molecule has 1 saturated heterocycles. The Morgan fingerprint density at radius 3 is 2.42 bits per heavy atom. The maximum atomic E-state index is 12.5. The monoisotopic (exact) mass is 291 g/mol. The summed E-state index contributed by atoms with van der Waals surface area (Å²) in [5.74, 6) is 0.864. The molecule has 1 aromatic heterocycles. The van der Waals surface area contributed by atoms with Gasteiger partial charge in [-0.25, -0.2) is 4.98 Å². The van der Waals surface area contributed by atoms with Crippen molar-refractivity contribution in [2.75, 3.05) is 37.6 Å². The van der Waals surface area contributed by atoms with E-state index >= 15 is 0 Å². The molecule has 19 heavy (non-hydrogen) atoms. The van der Waals surface area contributed by atoms with Crippen molar-refractivity contribution >= 4 is 16.5 Å². The van der Waals surface area contributed by atoms with Crippen molar-refractivity contribution in [3.05, 3.63) is 11.1 Å². The van der Waals surface area contributed by atoms with Gasteiger partial charge in [0.15, 0.2) is 5.13 Å². The van der Waals surface area contributed by atoms with Gasteiger partial charge in [-0.1, -0.05) is 11.3 Å². The number of hydrogen-bond donors (Lipinski definition) is 0. The minimum atomic E-state index is -4.27. The zero-order valence-corrected chi connectivity index (χ0v) is 11.3. The van der Waals surface area contributed by atoms with Gasteiger partial charge in [-0.2, -0.15) is 13.2 Å². The largest absolute Gasteiger partial charge is 0.427 e. The fraction of sp³-hybridized carbons (Fsp3) is 0.750. The highest BCUT2D eigenvalue weighted by molar-refractivity contribution is 7.15. The first-order valence-electron chi connectivity index (χ1n) is 6.53. The third kappa shape index (κ3) is 3.20. The number of aromatic nitrogens is 1. The molecule has 7 heteroatoms. The first-order valence-corrected chi connectivity index (χ1v) is 7.34. The van der Waals surface area contributed by atoms with Crippen LogP contribution >= 0.6 is 11.3 Å². The lowest BCUT2D eigenvalue weighted by molar-refractivity contribution is -0.134. The minimum absolute atomic E-state index is 0.499. The second-order valence-corrected chi connectivity index (χ2v) is 6.24. The molecule has 0 bridgehead atoms. The van der Waals surface area contributed by atoms with Crippen LogP contribution in [0.4, 0.5) is 18.3 Å². The van der Waals surface area contributed by atoms with E-state index in [-0.39, 0.29) is 0 Å². The van der Waals surface area contributed by atoms with Crippen LogP contribution in [0, 0.1) is 5.92 Å². The number of alkyl halides is 3. The molecule has 0 atom stereocenters. The smallest absolute Gasteiger partial charge is 0.346 e. The standard InChI is InChI=1S/C12H16F3N3S/c13-12(14,15)10-7-16-11(19-10)18-5-3-17(4-6-18)8-9-1-2-9/h7,9H,1-6,8H2. The van der Waals surface area contributed by atoms with E-state index in [1.807, 2.05) is 4.90 Å². The van der Waals surface area contributed by atoms with Crippen LogP contribution in [0.5, 0.6) is 0 Å². The van der Waals surface area contributed by atoms with E-state index in [9.17, 15) is 13.2 Å². The number of thiazole rings is 1. The molecule has 3 nitrogen and oxygen atoms in total. The molecular formula is C12H16F3N3S. The Morgan fingerprint density at radius 2 is 1.89 bits per heavy atom. The molecule has 0 amide bonds. The van der Waals surface area contributed by atoms with Crippen LogP contribution in [-0.2, 0) is 6.18 Å². The van der Waals surface area contributed by atoms with Crippen molar-refractivity contribution in [1.82, 2.24) is 9.88 Å². The Bertz CT molecular complexity index is 434. The summed E-state index contributed by atoms with van der Waals surface area (Å²) >= 11 is 0.745. The molecule has 0 N–H and O–H groups in total. The zero-order chi connectivity index (χ0) is 13.5. The van der Waals surface area contributed by atoms with Gasteiger partial charge in [0.05, 0.1) is 6.20 Å². The number of hydrogen-bond acceptors (Lipinski definition) is 4. The predicted molar refractivity (Wildman–Crippen MR) is 68.5 cm³/mol. The van der Waals surface area contributed by atoms with Crippen LogP contribution in [0.2, 0.25) is 0 Å². The third-order valence-corrected chi connectivity index (χ3v) is 4.73. The van der Waals surface area contributed by atoms with E-state index in [1.54, 1.807) is 0 Å². The molecule has 2 fully saturated rings. The molecule has 3 rings (SSSR count). The fourth-order valence-corrected chi connectivity index (χ4v) is 3.16. The summed E-state index contributed by atoms with van der Waals surface area (Å²) in [6.45, 7) is 4.56. The third-order valence-electron chi connectivity index (χ3n) is 3.63. The van der Waals surface area contributed by atoms with Crippen molar-refractivity contribution in [2.45, 2.75) is 19.0 Å². The van der Waals surface area contributed by atoms with E-state index in [4.69, 9.17) is 0 Å². The van der Waals surface area contributed by atoms with Crippen LogP contribution in [0.25, 0.3) is 0 Å². The summed E-state index contributed by atoms with van der Waals surface area (Å²) < 4.78 is 37.6. The van der Waals surface area contributed by atoms with Crippen molar-refractivity contribution in [3.63, 3.8) is 0 Å². The average Bonchev–Trinajstić information content (AvgIpc) is 3.02. The van der Waals surface area contributed by atoms with Crippen molar-refractivity contribution in [1.29, 1.82) is 0 Å². The quantitative estimate of drug-likeness (QED) is 0.853. The van der Waals surface area contributed by atoms with E-state index < -0.39 is 11.1 Å². The van der Waals surface area contributed by atoms with Gasteiger partial charge in [0, 0.05) is 32.7 Å². The summed E-state index contributed by atoms with van der Waals surface area (Å²) in [5.41, 5.74) is 0. The van der Waals surface area contributed by atoms with Crippen molar-refractivity contribution in [3.8, 4) is 0 Å². The molecule has 1 saturated carbocycles. The number of anilines is 1. The van der Waals surface area contributed by atoms with Gasteiger partial charge < -0.3 is 4.90 Å². The minimum Gasteiger partial charge on any atom is -0.346 e. The second kappa shape index (κ2) is 4.94. The Labute approximate surface area is 114 Å². The van der Waals surface area contributed by atoms with E-state index in [0.29, 0.717) is 5.13 Å². The maximum Gasteiger partial charge on any atom is 0.427 e. The topological polar surface area (TPSA) is 19.4 Å². The highest BCUT2D eigenvalue weighted by atomic mass is 32.1. The van der Waals surface area contributed by atoms with Crippen molar-refractivity contribution < 1.29 is 13.2 Å². The van der Waals surface area contributed by atoms with Gasteiger partial charge >= 0.3 is 6.18 Å². The summed E-state index contributed by atoms with van der Waals surface area (Å²) in [7, 11) is 0. The van der Waals surface area contributed by atoms with Crippen LogP contribution in [0.3, 0.4) is 0 Å². The highest BCUT2D eigenvalue weighted by Gasteiger charge is 2.34. The van der Waals surface area contributed by atoms with Gasteiger partial charge in [0.2, 0.25) is 0 Å². The van der Waals surface area contributed by atoms with Crippen LogP contribution in [0.1, 0.15) is 17.7 Å². The highest BCUT2D eigenvalue weighted by Crippen LogP contribution is 2.36. The lowest BCUT2D eigenvalue weighted by Gasteiger charge is -2.34. The molecule has 1 aliphatic carbocycles. The number of rotatable bonds is 3. The van der Waals surface area contributed by atoms with Crippen LogP contribution in [-0.4, -0.2) is 42.6 Å². The zero-order valence-electron chi connectivity index (χ0n) is 10.5. The molecule has 1 aliphatic heterocycles. The maximum absolute atomic E-state index is 12.5. The number of halogens is 3. The van der Waals surface area contributed by atoms with E-state index in [1.165, 1.54) is 12.8 Å². The van der Waals surface area contributed by atoms with Crippen LogP contribution in [0.15, 0.2) is 6.20 Å². The fourth-order valence-electron chi connectivity index (χ4n) is 2.33. The Hall–Kier alpha value is -0.820. The Kier molecular flexibility index (Phi) is 3.42. The summed E-state index contributed by atoms with van der Waals surface area (Å²) in [6.07, 6.45) is -0.663. The van der Waals surface area contributed by atoms with Gasteiger partial charge in [-0.15, -0.1) is 0 Å². The summed E-state index contributed by atoms with van der Waals surface area (Å²) in [5, 5.41) is 0.499. The lowest BCUT2D eigenvalue weighted by Crippen LogP contribution is -2.47. The molecule has 106 valence electrons. The summed E-state index contributed by atoms with van der Waals surface area (Å²) in [6, 6.07) is 0. The molecule has 2 aliphatic rings. The first kappa shape index (κ1) is 13.2. The van der Waals surface area contributed by atoms with Gasteiger partial charge in [0.1, 0.15) is 4.88 Å². The molecule has 0 unspecified atom stereocenters. The molecular weight excluding hydrogens is 275 g/mol. The van der Waals surface area contributed by atoms with Gasteiger partial charge in [-0.3, -0.25) is 4.90 Å². The first-order chi connectivity index (χ1) is 9.02. The SMILES string of the molecule is FC(F)(F)c1cnc(N2CCN(CC3CC3)CC2)s1. The number of nitrogens with zero attached hydrogens (tertiary/aromatic N) is 3. The summed E-state index contributed by atoms with van der Waals surface area (Å²) in [4.78, 5) is 7.67. The van der Waals surface area contributed by atoms with E-state index in [2.05, 4.69) is 9.88 Å². The average molecular weight is 291 g/mol. The molecule has 1 aromatic rings. The molecule has 0 spiro atoms. The predicted octanol–water partition coefficient (Wildman–Crippen LogP) is 2.69. The number of piperazine rings is 1. The molecule has 0 aromatic carbocycles. The Balaban J connectivity index is 1.57. The lowest BCUT2D eigenvalue weighted by atomic mass is 10.3. The van der Waals surface area contributed by atoms with Gasteiger partial charge in [0.25, 0.3) is 0 Å². The second-order valence-electron chi connectivity index (χ2n) is 5.24. The van der Waals surface area contributed by atoms with Crippen molar-refractivity contribution in [2.24, 2.45) is 5.92 Å². The molecule has 2 heterocycles. The van der Waals surface area contributed by atoms with Crippen LogP contribution < -0.4 is 4.90 Å².